The molecule has 0 aromatic heterocycles. The van der Waals surface area contributed by atoms with Crippen molar-refractivity contribution in [3.05, 3.63) is 35.4 Å². The van der Waals surface area contributed by atoms with Crippen LogP contribution in [0, 0.1) is 0 Å². The molecular weight excluding hydrogens is 248 g/mol. The lowest BCUT2D eigenvalue weighted by molar-refractivity contribution is 0.587. The van der Waals surface area contributed by atoms with Gasteiger partial charge in [-0.2, -0.15) is 0 Å². The minimum Gasteiger partial charge on any atom is -0.324 e. The molecular formula is C10H17ClN2O2S. The van der Waals surface area contributed by atoms with Crippen molar-refractivity contribution in [2.45, 2.75) is 19.5 Å². The van der Waals surface area contributed by atoms with Crippen LogP contribution in [0.1, 0.15) is 24.1 Å². The number of nitrogens with two attached hydrogens (primary N) is 1. The van der Waals surface area contributed by atoms with Gasteiger partial charge in [0.05, 0.1) is 6.26 Å². The van der Waals surface area contributed by atoms with Gasteiger partial charge < -0.3 is 5.73 Å². The largest absolute Gasteiger partial charge is 0.324 e. The van der Waals surface area contributed by atoms with Crippen molar-refractivity contribution in [1.29, 1.82) is 0 Å². The van der Waals surface area contributed by atoms with Gasteiger partial charge in [0.15, 0.2) is 0 Å². The first-order valence-electron chi connectivity index (χ1n) is 4.67. The van der Waals surface area contributed by atoms with E-state index in [9.17, 15) is 8.42 Å². The fraction of sp³-hybridized carbons (Fsp3) is 0.400. The fourth-order valence-corrected chi connectivity index (χ4v) is 1.58. The number of nitrogens with one attached hydrogen (secondary N) is 1. The zero-order valence-corrected chi connectivity index (χ0v) is 10.9. The molecule has 1 atom stereocenters. The van der Waals surface area contributed by atoms with Gasteiger partial charge in [-0.25, -0.2) is 13.1 Å². The van der Waals surface area contributed by atoms with Crippen molar-refractivity contribution in [3.63, 3.8) is 0 Å². The molecule has 1 aromatic rings. The molecule has 3 N–H and O–H groups in total. The van der Waals surface area contributed by atoms with Gasteiger partial charge in [-0.05, 0) is 18.1 Å². The van der Waals surface area contributed by atoms with Gasteiger partial charge in [0, 0.05) is 12.6 Å². The molecule has 0 saturated heterocycles. The predicted octanol–water partition coefficient (Wildman–Crippen LogP) is 1.18. The Hall–Kier alpha value is -0.620. The number of sulfonamides is 1. The van der Waals surface area contributed by atoms with E-state index < -0.39 is 10.0 Å². The van der Waals surface area contributed by atoms with E-state index in [1.807, 2.05) is 31.2 Å². The number of rotatable bonds is 4. The summed E-state index contributed by atoms with van der Waals surface area (Å²) in [4.78, 5) is 0. The Balaban J connectivity index is 0.00000225. The molecule has 0 spiro atoms. The normalized spacial score (nSPS) is 12.9. The van der Waals surface area contributed by atoms with Crippen molar-refractivity contribution >= 4 is 22.4 Å². The van der Waals surface area contributed by atoms with Gasteiger partial charge in [0.2, 0.25) is 10.0 Å². The highest BCUT2D eigenvalue weighted by Gasteiger charge is 2.02. The molecule has 0 amide bonds. The van der Waals surface area contributed by atoms with Crippen LogP contribution >= 0.6 is 12.4 Å². The smallest absolute Gasteiger partial charge is 0.209 e. The maximum atomic E-state index is 10.8. The first-order valence-corrected chi connectivity index (χ1v) is 6.56. The second kappa shape index (κ2) is 6.20. The molecule has 1 rings (SSSR count). The van der Waals surface area contributed by atoms with Crippen molar-refractivity contribution in [2.24, 2.45) is 5.73 Å². The second-order valence-electron chi connectivity index (χ2n) is 3.62. The minimum absolute atomic E-state index is 0. The Labute approximate surface area is 103 Å². The van der Waals surface area contributed by atoms with Gasteiger partial charge in [0.1, 0.15) is 0 Å². The summed E-state index contributed by atoms with van der Waals surface area (Å²) in [5.74, 6) is 0. The Kier molecular flexibility index (Phi) is 5.96. The summed E-state index contributed by atoms with van der Waals surface area (Å²) < 4.78 is 24.1. The minimum atomic E-state index is -3.12. The maximum absolute atomic E-state index is 10.8. The van der Waals surface area contributed by atoms with Gasteiger partial charge in [-0.15, -0.1) is 12.4 Å². The molecule has 0 saturated carbocycles. The van der Waals surface area contributed by atoms with Gasteiger partial charge in [0.25, 0.3) is 0 Å². The number of hydrogen-bond donors (Lipinski definition) is 2. The average Bonchev–Trinajstić information content (AvgIpc) is 2.14. The van der Waals surface area contributed by atoms with Crippen LogP contribution < -0.4 is 10.5 Å². The van der Waals surface area contributed by atoms with Crippen molar-refractivity contribution in [1.82, 2.24) is 4.72 Å². The SMILES string of the molecule is CC(N)c1ccc(CNS(C)(=O)=O)cc1.Cl. The quantitative estimate of drug-likeness (QED) is 0.858. The molecule has 6 heteroatoms. The van der Waals surface area contributed by atoms with Crippen LogP contribution in [0.2, 0.25) is 0 Å². The standard InChI is InChI=1S/C10H16N2O2S.ClH/c1-8(11)10-5-3-9(4-6-10)7-12-15(2,13)14;/h3-6,8,12H,7,11H2,1-2H3;1H. The highest BCUT2D eigenvalue weighted by molar-refractivity contribution is 7.88. The van der Waals surface area contributed by atoms with Crippen LogP contribution in [-0.2, 0) is 16.6 Å². The van der Waals surface area contributed by atoms with Crippen molar-refractivity contribution in [3.8, 4) is 0 Å². The van der Waals surface area contributed by atoms with E-state index in [0.717, 1.165) is 17.4 Å². The monoisotopic (exact) mass is 264 g/mol. The third-order valence-electron chi connectivity index (χ3n) is 2.04. The predicted molar refractivity (Wildman–Crippen MR) is 68.0 cm³/mol. The van der Waals surface area contributed by atoms with E-state index in [0.29, 0.717) is 6.54 Å². The lowest BCUT2D eigenvalue weighted by Crippen LogP contribution is -2.21. The first-order chi connectivity index (χ1) is 6.88. The summed E-state index contributed by atoms with van der Waals surface area (Å²) in [6.07, 6.45) is 1.14. The average molecular weight is 265 g/mol. The Morgan fingerprint density at radius 3 is 2.19 bits per heavy atom. The molecule has 92 valence electrons. The lowest BCUT2D eigenvalue weighted by Gasteiger charge is -2.07. The third kappa shape index (κ3) is 5.46. The Morgan fingerprint density at radius 1 is 1.31 bits per heavy atom. The topological polar surface area (TPSA) is 72.2 Å². The third-order valence-corrected chi connectivity index (χ3v) is 2.71. The molecule has 4 nitrogen and oxygen atoms in total. The summed E-state index contributed by atoms with van der Waals surface area (Å²) in [6.45, 7) is 2.22. The van der Waals surface area contributed by atoms with Gasteiger partial charge in [-0.1, -0.05) is 24.3 Å². The van der Waals surface area contributed by atoms with E-state index in [1.54, 1.807) is 0 Å². The highest BCUT2D eigenvalue weighted by Crippen LogP contribution is 2.10. The van der Waals surface area contributed by atoms with E-state index >= 15 is 0 Å². The molecule has 1 unspecified atom stereocenters. The first kappa shape index (κ1) is 15.4. The van der Waals surface area contributed by atoms with E-state index in [4.69, 9.17) is 5.73 Å². The molecule has 0 radical (unpaired) electrons. The maximum Gasteiger partial charge on any atom is 0.209 e. The van der Waals surface area contributed by atoms with Crippen LogP contribution in [-0.4, -0.2) is 14.7 Å². The van der Waals surface area contributed by atoms with Crippen LogP contribution in [0.3, 0.4) is 0 Å². The summed E-state index contributed by atoms with van der Waals surface area (Å²) in [7, 11) is -3.12. The van der Waals surface area contributed by atoms with Crippen LogP contribution in [0.15, 0.2) is 24.3 Å². The lowest BCUT2D eigenvalue weighted by atomic mass is 10.1. The van der Waals surface area contributed by atoms with Crippen molar-refractivity contribution in [2.75, 3.05) is 6.26 Å². The molecule has 0 heterocycles. The zero-order chi connectivity index (χ0) is 11.5. The summed E-state index contributed by atoms with van der Waals surface area (Å²) in [6, 6.07) is 7.56. The zero-order valence-electron chi connectivity index (χ0n) is 9.30. The van der Waals surface area contributed by atoms with Crippen LogP contribution in [0.4, 0.5) is 0 Å². The molecule has 1 aromatic carbocycles. The van der Waals surface area contributed by atoms with E-state index in [-0.39, 0.29) is 18.4 Å². The summed E-state index contributed by atoms with van der Waals surface area (Å²) >= 11 is 0. The molecule has 0 aliphatic carbocycles. The summed E-state index contributed by atoms with van der Waals surface area (Å²) in [5.41, 5.74) is 7.66. The fourth-order valence-electron chi connectivity index (χ4n) is 1.15. The number of halogens is 1. The van der Waals surface area contributed by atoms with Gasteiger partial charge >= 0.3 is 0 Å². The van der Waals surface area contributed by atoms with E-state index in [1.165, 1.54) is 0 Å². The van der Waals surface area contributed by atoms with E-state index in [2.05, 4.69) is 4.72 Å². The second-order valence-corrected chi connectivity index (χ2v) is 5.46. The highest BCUT2D eigenvalue weighted by atomic mass is 35.5. The molecule has 16 heavy (non-hydrogen) atoms. The van der Waals surface area contributed by atoms with Gasteiger partial charge in [-0.3, -0.25) is 0 Å². The van der Waals surface area contributed by atoms with Crippen LogP contribution in [0.25, 0.3) is 0 Å². The van der Waals surface area contributed by atoms with Crippen LogP contribution in [0.5, 0.6) is 0 Å². The number of hydrogen-bond acceptors (Lipinski definition) is 3. The number of benzene rings is 1. The molecule has 0 aliphatic heterocycles. The summed E-state index contributed by atoms with van der Waals surface area (Å²) in [5, 5.41) is 0. The Bertz CT molecular complexity index is 415. The molecule has 0 bridgehead atoms. The molecule has 0 aliphatic rings. The molecule has 0 fully saturated rings. The van der Waals surface area contributed by atoms with Crippen molar-refractivity contribution < 1.29 is 8.42 Å². The Morgan fingerprint density at radius 2 is 1.81 bits per heavy atom.